The van der Waals surface area contributed by atoms with Crippen LogP contribution in [-0.4, -0.2) is 12.2 Å². The highest BCUT2D eigenvalue weighted by Crippen LogP contribution is 2.35. The third-order valence-electron chi connectivity index (χ3n) is 2.65. The first kappa shape index (κ1) is 13.3. The highest BCUT2D eigenvalue weighted by molar-refractivity contribution is 5.67. The van der Waals surface area contributed by atoms with Gasteiger partial charge in [-0.1, -0.05) is 12.1 Å². The van der Waals surface area contributed by atoms with Crippen molar-refractivity contribution < 1.29 is 23.0 Å². The number of ether oxygens (including phenoxy) is 1. The lowest BCUT2D eigenvalue weighted by Gasteiger charge is -2.10. The molecule has 0 fully saturated rings. The molecule has 0 saturated heterocycles. The van der Waals surface area contributed by atoms with Gasteiger partial charge in [0.15, 0.2) is 0 Å². The van der Waals surface area contributed by atoms with Crippen LogP contribution in [-0.2, 0) is 6.18 Å². The van der Waals surface area contributed by atoms with Gasteiger partial charge in [0, 0.05) is 0 Å². The Balaban J connectivity index is 2.53. The summed E-state index contributed by atoms with van der Waals surface area (Å²) in [5, 5.41) is 9.41. The molecule has 0 unspecified atom stereocenters. The van der Waals surface area contributed by atoms with Gasteiger partial charge in [-0.15, -0.1) is 0 Å². The number of halogens is 3. The van der Waals surface area contributed by atoms with Crippen LogP contribution in [0.15, 0.2) is 42.5 Å². The standard InChI is InChI=1S/C14H11F3O2/c1-19-13-4-2-3-9(7-13)10-5-11(14(15,16)17)8-12(18)6-10/h2-8,18H,1H3. The van der Waals surface area contributed by atoms with E-state index in [1.807, 2.05) is 0 Å². The molecule has 19 heavy (non-hydrogen) atoms. The van der Waals surface area contributed by atoms with Crippen LogP contribution in [0.25, 0.3) is 11.1 Å². The molecule has 2 rings (SSSR count). The molecule has 0 aliphatic carbocycles. The van der Waals surface area contributed by atoms with Crippen LogP contribution < -0.4 is 4.74 Å². The van der Waals surface area contributed by atoms with Crippen molar-refractivity contribution in [3.05, 3.63) is 48.0 Å². The highest BCUT2D eigenvalue weighted by atomic mass is 19.4. The molecule has 0 aromatic heterocycles. The first-order chi connectivity index (χ1) is 8.90. The van der Waals surface area contributed by atoms with E-state index in [4.69, 9.17) is 4.74 Å². The number of alkyl halides is 3. The monoisotopic (exact) mass is 268 g/mol. The molecule has 1 N–H and O–H groups in total. The molecule has 100 valence electrons. The van der Waals surface area contributed by atoms with Gasteiger partial charge in [0.05, 0.1) is 12.7 Å². The first-order valence-electron chi connectivity index (χ1n) is 5.46. The Morgan fingerprint density at radius 3 is 2.37 bits per heavy atom. The second-order valence-electron chi connectivity index (χ2n) is 4.00. The number of aromatic hydroxyl groups is 1. The smallest absolute Gasteiger partial charge is 0.416 e. The second-order valence-corrected chi connectivity index (χ2v) is 4.00. The summed E-state index contributed by atoms with van der Waals surface area (Å²) in [4.78, 5) is 0. The molecule has 0 radical (unpaired) electrons. The highest BCUT2D eigenvalue weighted by Gasteiger charge is 2.31. The lowest BCUT2D eigenvalue weighted by Crippen LogP contribution is -2.04. The molecule has 2 aromatic rings. The van der Waals surface area contributed by atoms with E-state index < -0.39 is 17.5 Å². The quantitative estimate of drug-likeness (QED) is 0.889. The van der Waals surface area contributed by atoms with Gasteiger partial charge >= 0.3 is 6.18 Å². The van der Waals surface area contributed by atoms with Gasteiger partial charge < -0.3 is 9.84 Å². The number of hydrogen-bond donors (Lipinski definition) is 1. The van der Waals surface area contributed by atoms with Crippen molar-refractivity contribution in [3.8, 4) is 22.6 Å². The van der Waals surface area contributed by atoms with Crippen LogP contribution in [0.2, 0.25) is 0 Å². The zero-order valence-corrected chi connectivity index (χ0v) is 10.0. The molecule has 0 bridgehead atoms. The average Bonchev–Trinajstić information content (AvgIpc) is 2.37. The van der Waals surface area contributed by atoms with Crippen LogP contribution >= 0.6 is 0 Å². The number of phenolic OH excluding ortho intramolecular Hbond substituents is 1. The molecule has 2 nitrogen and oxygen atoms in total. The van der Waals surface area contributed by atoms with Gasteiger partial charge in [-0.25, -0.2) is 0 Å². The summed E-state index contributed by atoms with van der Waals surface area (Å²) in [5.41, 5.74) is -0.0581. The van der Waals surface area contributed by atoms with E-state index in [9.17, 15) is 18.3 Å². The number of hydrogen-bond acceptors (Lipinski definition) is 2. The van der Waals surface area contributed by atoms with Gasteiger partial charge in [-0.2, -0.15) is 13.2 Å². The summed E-state index contributed by atoms with van der Waals surface area (Å²) < 4.78 is 43.0. The summed E-state index contributed by atoms with van der Waals surface area (Å²) in [7, 11) is 1.47. The third-order valence-corrected chi connectivity index (χ3v) is 2.65. The molecular weight excluding hydrogens is 257 g/mol. The molecular formula is C14H11F3O2. The summed E-state index contributed by atoms with van der Waals surface area (Å²) in [5.74, 6) is 0.113. The molecule has 0 saturated carbocycles. The Hall–Kier alpha value is -2.17. The molecule has 0 heterocycles. The minimum atomic E-state index is -4.49. The number of phenols is 1. The van der Waals surface area contributed by atoms with Gasteiger partial charge in [0.2, 0.25) is 0 Å². The van der Waals surface area contributed by atoms with E-state index in [-0.39, 0.29) is 5.56 Å². The fourth-order valence-electron chi connectivity index (χ4n) is 1.74. The van der Waals surface area contributed by atoms with E-state index in [0.717, 1.165) is 6.07 Å². The van der Waals surface area contributed by atoms with Crippen LogP contribution in [0.5, 0.6) is 11.5 Å². The minimum absolute atomic E-state index is 0.284. The maximum atomic E-state index is 12.7. The van der Waals surface area contributed by atoms with Crippen LogP contribution in [0.4, 0.5) is 13.2 Å². The lowest BCUT2D eigenvalue weighted by atomic mass is 10.0. The Morgan fingerprint density at radius 2 is 1.74 bits per heavy atom. The zero-order chi connectivity index (χ0) is 14.0. The second kappa shape index (κ2) is 4.84. The molecule has 0 aliphatic heterocycles. The third kappa shape index (κ3) is 2.99. The predicted molar refractivity (Wildman–Crippen MR) is 65.1 cm³/mol. The van der Waals surface area contributed by atoms with E-state index in [1.165, 1.54) is 13.2 Å². The maximum Gasteiger partial charge on any atom is 0.416 e. The molecule has 0 atom stereocenters. The SMILES string of the molecule is COc1cccc(-c2cc(O)cc(C(F)(F)F)c2)c1. The average molecular weight is 268 g/mol. The fraction of sp³-hybridized carbons (Fsp3) is 0.143. The topological polar surface area (TPSA) is 29.5 Å². The maximum absolute atomic E-state index is 12.7. The Kier molecular flexibility index (Phi) is 3.38. The Bertz CT molecular complexity index is 591. The summed E-state index contributed by atoms with van der Waals surface area (Å²) >= 11 is 0. The van der Waals surface area contributed by atoms with Crippen molar-refractivity contribution >= 4 is 0 Å². The van der Waals surface area contributed by atoms with Crippen LogP contribution in [0.1, 0.15) is 5.56 Å². The van der Waals surface area contributed by atoms with Crippen molar-refractivity contribution in [2.75, 3.05) is 7.11 Å². The fourth-order valence-corrected chi connectivity index (χ4v) is 1.74. The molecule has 0 amide bonds. The van der Waals surface area contributed by atoms with Gasteiger partial charge in [0.1, 0.15) is 11.5 Å². The van der Waals surface area contributed by atoms with Crippen molar-refractivity contribution in [3.63, 3.8) is 0 Å². The van der Waals surface area contributed by atoms with Gasteiger partial charge in [0.25, 0.3) is 0 Å². The molecule has 0 spiro atoms. The van der Waals surface area contributed by atoms with E-state index in [0.29, 0.717) is 17.4 Å². The molecule has 0 aliphatic rings. The largest absolute Gasteiger partial charge is 0.508 e. The summed E-state index contributed by atoms with van der Waals surface area (Å²) in [6.07, 6.45) is -4.49. The zero-order valence-electron chi connectivity index (χ0n) is 10.0. The lowest BCUT2D eigenvalue weighted by molar-refractivity contribution is -0.137. The van der Waals surface area contributed by atoms with E-state index in [1.54, 1.807) is 24.3 Å². The van der Waals surface area contributed by atoms with Crippen molar-refractivity contribution in [1.29, 1.82) is 0 Å². The van der Waals surface area contributed by atoms with Crippen molar-refractivity contribution in [2.24, 2.45) is 0 Å². The van der Waals surface area contributed by atoms with Crippen molar-refractivity contribution in [2.45, 2.75) is 6.18 Å². The number of methoxy groups -OCH3 is 1. The van der Waals surface area contributed by atoms with Gasteiger partial charge in [-0.3, -0.25) is 0 Å². The summed E-state index contributed by atoms with van der Waals surface area (Å²) in [6.45, 7) is 0. The summed E-state index contributed by atoms with van der Waals surface area (Å²) in [6, 6.07) is 9.59. The molecule has 5 heteroatoms. The predicted octanol–water partition coefficient (Wildman–Crippen LogP) is 4.09. The van der Waals surface area contributed by atoms with E-state index in [2.05, 4.69) is 0 Å². The first-order valence-corrected chi connectivity index (χ1v) is 5.46. The molecule has 2 aromatic carbocycles. The normalized spacial score (nSPS) is 11.4. The minimum Gasteiger partial charge on any atom is -0.508 e. The Morgan fingerprint density at radius 1 is 1.00 bits per heavy atom. The van der Waals surface area contributed by atoms with Crippen LogP contribution in [0.3, 0.4) is 0 Å². The van der Waals surface area contributed by atoms with Crippen molar-refractivity contribution in [1.82, 2.24) is 0 Å². The Labute approximate surface area is 108 Å². The van der Waals surface area contributed by atoms with Crippen LogP contribution in [0, 0.1) is 0 Å². The number of rotatable bonds is 2. The number of benzene rings is 2. The van der Waals surface area contributed by atoms with Gasteiger partial charge in [-0.05, 0) is 41.5 Å². The van der Waals surface area contributed by atoms with E-state index >= 15 is 0 Å².